The summed E-state index contributed by atoms with van der Waals surface area (Å²) in [4.78, 5) is 0. The van der Waals surface area contributed by atoms with Crippen molar-refractivity contribution in [2.24, 2.45) is 0 Å². The molecule has 0 fully saturated rings. The Kier molecular flexibility index (Phi) is 4.06. The second kappa shape index (κ2) is 7.98. The largest absolute Gasteiger partial charge is 0.310 e. The third-order valence-corrected chi connectivity index (χ3v) is 10.8. The van der Waals surface area contributed by atoms with Crippen molar-refractivity contribution < 1.29 is 0 Å². The number of fused-ring (bicyclic) bond motifs is 14. The Morgan fingerprint density at radius 1 is 0.348 bits per heavy atom. The van der Waals surface area contributed by atoms with Gasteiger partial charge in [0.1, 0.15) is 0 Å². The normalized spacial score (nSPS) is 13.2. The number of aromatic nitrogens is 3. The van der Waals surface area contributed by atoms with Crippen LogP contribution in [0.25, 0.3) is 82.5 Å². The summed E-state index contributed by atoms with van der Waals surface area (Å²) in [6, 6.07) is 54.2. The van der Waals surface area contributed by atoms with Gasteiger partial charge in [-0.25, -0.2) is 0 Å². The molecule has 4 heteroatoms. The zero-order valence-electron chi connectivity index (χ0n) is 24.8. The van der Waals surface area contributed by atoms with Crippen LogP contribution in [0, 0.1) is 0 Å². The van der Waals surface area contributed by atoms with E-state index in [1.807, 2.05) is 0 Å². The van der Waals surface area contributed by atoms with Gasteiger partial charge in [-0.2, -0.15) is 0 Å². The van der Waals surface area contributed by atoms with E-state index in [2.05, 4.69) is 159 Å². The van der Waals surface area contributed by atoms with Crippen molar-refractivity contribution in [3.8, 4) is 17.1 Å². The number of para-hydroxylation sites is 6. The van der Waals surface area contributed by atoms with Crippen molar-refractivity contribution in [1.82, 2.24) is 13.7 Å². The predicted octanol–water partition coefficient (Wildman–Crippen LogP) is 8.12. The molecule has 0 amide bonds. The van der Waals surface area contributed by atoms with E-state index in [0.717, 1.165) is 0 Å². The van der Waals surface area contributed by atoms with Gasteiger partial charge >= 0.3 is 0 Å². The molecule has 0 N–H and O–H groups in total. The molecule has 0 saturated carbocycles. The van der Waals surface area contributed by atoms with Gasteiger partial charge in [-0.3, -0.25) is 0 Å². The average Bonchev–Trinajstić information content (AvgIpc) is 3.76. The van der Waals surface area contributed by atoms with Crippen molar-refractivity contribution in [2.45, 2.75) is 0 Å². The number of rotatable bonds is 1. The van der Waals surface area contributed by atoms with E-state index in [9.17, 15) is 0 Å². The van der Waals surface area contributed by atoms with Crippen molar-refractivity contribution in [1.29, 1.82) is 0 Å². The van der Waals surface area contributed by atoms with Gasteiger partial charge in [0.2, 0.25) is 0 Å². The summed E-state index contributed by atoms with van der Waals surface area (Å²) in [6.07, 6.45) is 0. The Morgan fingerprint density at radius 2 is 0.848 bits per heavy atom. The lowest BCUT2D eigenvalue weighted by atomic mass is 9.34. The van der Waals surface area contributed by atoms with Crippen molar-refractivity contribution in [3.63, 3.8) is 0 Å². The molecule has 5 heterocycles. The van der Waals surface area contributed by atoms with Crippen molar-refractivity contribution >= 4 is 88.5 Å². The van der Waals surface area contributed by atoms with Gasteiger partial charge in [0, 0.05) is 49.2 Å². The first-order valence-electron chi connectivity index (χ1n) is 16.1. The average molecular weight is 581 g/mol. The molecule has 2 aliphatic rings. The van der Waals surface area contributed by atoms with Crippen LogP contribution in [-0.4, -0.2) is 20.4 Å². The van der Waals surface area contributed by atoms with Gasteiger partial charge in [-0.05, 0) is 52.8 Å². The fraction of sp³-hybridized carbons (Fsp3) is 0. The molecule has 12 rings (SSSR count). The van der Waals surface area contributed by atoms with Gasteiger partial charge in [0.15, 0.2) is 0 Å². The summed E-state index contributed by atoms with van der Waals surface area (Å²) in [5.41, 5.74) is 15.5. The maximum absolute atomic E-state index is 2.57. The molecule has 46 heavy (non-hydrogen) atoms. The quantitative estimate of drug-likeness (QED) is 0.174. The molecule has 0 radical (unpaired) electrons. The molecule has 10 aromatic rings. The third-order valence-electron chi connectivity index (χ3n) is 10.8. The number of nitrogens with zero attached hydrogens (tertiary/aromatic N) is 3. The second-order valence-electron chi connectivity index (χ2n) is 12.9. The van der Waals surface area contributed by atoms with E-state index in [-0.39, 0.29) is 6.71 Å². The Morgan fingerprint density at radius 3 is 1.57 bits per heavy atom. The van der Waals surface area contributed by atoms with Crippen LogP contribution in [0.15, 0.2) is 146 Å². The van der Waals surface area contributed by atoms with E-state index >= 15 is 0 Å². The molecule has 2 aliphatic heterocycles. The maximum atomic E-state index is 2.57. The summed E-state index contributed by atoms with van der Waals surface area (Å²) < 4.78 is 7.65. The maximum Gasteiger partial charge on any atom is 0.252 e. The Balaban J connectivity index is 1.41. The van der Waals surface area contributed by atoms with Crippen molar-refractivity contribution in [2.75, 3.05) is 0 Å². The SMILES string of the molecule is c1ccc2c(c1)B1c3cccc4c5ccccc5n(c34)-c3cc(-n4c5ccccc5c5ccccc54)c4c5ccccc5n-2c4c31. The topological polar surface area (TPSA) is 14.8 Å². The molecule has 210 valence electrons. The van der Waals surface area contributed by atoms with E-state index in [1.165, 1.54) is 98.9 Å². The predicted molar refractivity (Wildman–Crippen MR) is 194 cm³/mol. The molecule has 7 aromatic carbocycles. The van der Waals surface area contributed by atoms with Gasteiger partial charge in [-0.1, -0.05) is 109 Å². The molecule has 0 unspecified atom stereocenters. The van der Waals surface area contributed by atoms with Crippen LogP contribution >= 0.6 is 0 Å². The van der Waals surface area contributed by atoms with Gasteiger partial charge in [0.05, 0.1) is 33.3 Å². The monoisotopic (exact) mass is 581 g/mol. The fourth-order valence-electron chi connectivity index (χ4n) is 9.18. The van der Waals surface area contributed by atoms with E-state index in [4.69, 9.17) is 0 Å². The number of hydrogen-bond acceptors (Lipinski definition) is 0. The fourth-order valence-corrected chi connectivity index (χ4v) is 9.18. The highest BCUT2D eigenvalue weighted by Crippen LogP contribution is 2.44. The minimum Gasteiger partial charge on any atom is -0.310 e. The minimum absolute atomic E-state index is 0.137. The molecule has 0 bridgehead atoms. The molecule has 0 aliphatic carbocycles. The summed E-state index contributed by atoms with van der Waals surface area (Å²) in [5.74, 6) is 0. The van der Waals surface area contributed by atoms with Gasteiger partial charge in [0.25, 0.3) is 6.71 Å². The number of benzene rings is 7. The molecule has 3 nitrogen and oxygen atoms in total. The highest BCUT2D eigenvalue weighted by atomic mass is 15.1. The van der Waals surface area contributed by atoms with E-state index < -0.39 is 0 Å². The van der Waals surface area contributed by atoms with Crippen LogP contribution in [0.5, 0.6) is 0 Å². The van der Waals surface area contributed by atoms with Gasteiger partial charge < -0.3 is 13.7 Å². The lowest BCUT2D eigenvalue weighted by molar-refractivity contribution is 1.14. The lowest BCUT2D eigenvalue weighted by Gasteiger charge is -2.33. The van der Waals surface area contributed by atoms with Crippen LogP contribution < -0.4 is 16.4 Å². The summed E-state index contributed by atoms with van der Waals surface area (Å²) in [7, 11) is 0. The lowest BCUT2D eigenvalue weighted by Crippen LogP contribution is -2.59. The smallest absolute Gasteiger partial charge is 0.252 e. The Bertz CT molecular complexity index is 2940. The first kappa shape index (κ1) is 23.4. The highest BCUT2D eigenvalue weighted by Gasteiger charge is 2.41. The summed E-state index contributed by atoms with van der Waals surface area (Å²) >= 11 is 0. The van der Waals surface area contributed by atoms with Crippen molar-refractivity contribution in [3.05, 3.63) is 146 Å². The summed E-state index contributed by atoms with van der Waals surface area (Å²) in [5, 5.41) is 7.78. The molecular formula is C42H24BN3. The van der Waals surface area contributed by atoms with Gasteiger partial charge in [-0.15, -0.1) is 0 Å². The van der Waals surface area contributed by atoms with Crippen LogP contribution in [0.4, 0.5) is 0 Å². The standard InChI is InChI=1S/C42H24BN3/c1-6-19-32-25(12-1)26-13-2-7-20-33(26)44(32)37-24-38-40-42-39(37)29-15-4-9-22-35(29)45(42)36-23-10-5-17-30(36)43(40)31-18-11-16-28-27-14-3-8-21-34(27)46(38)41(28)31/h1-24H. The summed E-state index contributed by atoms with van der Waals surface area (Å²) in [6.45, 7) is 0.137. The van der Waals surface area contributed by atoms with Crippen LogP contribution in [-0.2, 0) is 0 Å². The second-order valence-corrected chi connectivity index (χ2v) is 12.9. The number of hydrogen-bond donors (Lipinski definition) is 0. The molecule has 0 spiro atoms. The van der Waals surface area contributed by atoms with E-state index in [1.54, 1.807) is 0 Å². The first-order chi connectivity index (χ1) is 22.9. The Labute approximate surface area is 264 Å². The van der Waals surface area contributed by atoms with E-state index in [0.29, 0.717) is 0 Å². The molecular weight excluding hydrogens is 557 g/mol. The zero-order chi connectivity index (χ0) is 29.7. The highest BCUT2D eigenvalue weighted by molar-refractivity contribution is 7.00. The zero-order valence-corrected chi connectivity index (χ0v) is 24.8. The van der Waals surface area contributed by atoms with Crippen LogP contribution in [0.2, 0.25) is 0 Å². The minimum atomic E-state index is 0.137. The third kappa shape index (κ3) is 2.54. The Hall–Kier alpha value is -6.00. The molecule has 0 saturated heterocycles. The molecule has 0 atom stereocenters. The molecule has 3 aromatic heterocycles. The van der Waals surface area contributed by atoms with Crippen LogP contribution in [0.3, 0.4) is 0 Å². The first-order valence-corrected chi connectivity index (χ1v) is 16.1. The van der Waals surface area contributed by atoms with Crippen LogP contribution in [0.1, 0.15) is 0 Å².